The van der Waals surface area contributed by atoms with E-state index >= 15 is 0 Å². The summed E-state index contributed by atoms with van der Waals surface area (Å²) in [6.45, 7) is 1.33. The van der Waals surface area contributed by atoms with Gasteiger partial charge in [-0.2, -0.15) is 26.3 Å². The van der Waals surface area contributed by atoms with Crippen LogP contribution in [-0.2, 0) is 12.4 Å². The summed E-state index contributed by atoms with van der Waals surface area (Å²) in [6.07, 6.45) is -11.9. The molecule has 2 rings (SSSR count). The molecule has 1 N–H and O–H groups in total. The van der Waals surface area contributed by atoms with Crippen LogP contribution in [0.4, 0.5) is 32.0 Å². The number of hydrogen-bond acceptors (Lipinski definition) is 3. The van der Waals surface area contributed by atoms with Crippen molar-refractivity contribution < 1.29 is 36.4 Å². The lowest BCUT2D eigenvalue weighted by atomic mass is 9.95. The smallest absolute Gasteiger partial charge is 0.384 e. The van der Waals surface area contributed by atoms with E-state index in [1.807, 2.05) is 0 Å². The maximum atomic E-state index is 12.9. The zero-order chi connectivity index (χ0) is 19.9. The molecule has 1 atom stereocenters. The highest BCUT2D eigenvalue weighted by molar-refractivity contribution is 5.45. The van der Waals surface area contributed by atoms with Crippen LogP contribution in [0.15, 0.2) is 36.4 Å². The topological polar surface area (TPSA) is 63.4 Å². The van der Waals surface area contributed by atoms with Gasteiger partial charge in [0.2, 0.25) is 0 Å². The van der Waals surface area contributed by atoms with Gasteiger partial charge in [0.05, 0.1) is 16.1 Å². The minimum absolute atomic E-state index is 0.0443. The van der Waals surface area contributed by atoms with Gasteiger partial charge < -0.3 is 5.11 Å². The number of nitro benzene ring substituents is 1. The van der Waals surface area contributed by atoms with Crippen molar-refractivity contribution >= 4 is 5.69 Å². The van der Waals surface area contributed by atoms with E-state index in [4.69, 9.17) is 0 Å². The molecular weight excluding hydrogens is 368 g/mol. The van der Waals surface area contributed by atoms with Crippen molar-refractivity contribution in [3.8, 4) is 0 Å². The summed E-state index contributed by atoms with van der Waals surface area (Å²) in [5, 5.41) is 21.0. The van der Waals surface area contributed by atoms with E-state index < -0.39 is 40.1 Å². The maximum absolute atomic E-state index is 12.9. The van der Waals surface area contributed by atoms with E-state index in [0.29, 0.717) is 12.1 Å². The summed E-state index contributed by atoms with van der Waals surface area (Å²) in [5.74, 6) is 0. The normalized spacial score (nSPS) is 13.5. The quantitative estimate of drug-likeness (QED) is 0.463. The molecule has 10 heteroatoms. The lowest BCUT2D eigenvalue weighted by molar-refractivity contribution is -0.385. The number of aryl methyl sites for hydroxylation is 1. The van der Waals surface area contributed by atoms with Crippen LogP contribution in [0.25, 0.3) is 0 Å². The van der Waals surface area contributed by atoms with Gasteiger partial charge in [-0.25, -0.2) is 0 Å². The average molecular weight is 379 g/mol. The highest BCUT2D eigenvalue weighted by Crippen LogP contribution is 2.38. The number of rotatable bonds is 3. The molecule has 0 spiro atoms. The number of benzene rings is 2. The van der Waals surface area contributed by atoms with E-state index in [0.717, 1.165) is 18.2 Å². The van der Waals surface area contributed by atoms with Gasteiger partial charge in [-0.15, -0.1) is 0 Å². The largest absolute Gasteiger partial charge is 0.416 e. The Morgan fingerprint density at radius 3 is 1.81 bits per heavy atom. The van der Waals surface area contributed by atoms with Gasteiger partial charge in [0, 0.05) is 11.6 Å². The van der Waals surface area contributed by atoms with Crippen LogP contribution in [0.5, 0.6) is 0 Å². The van der Waals surface area contributed by atoms with Gasteiger partial charge >= 0.3 is 12.4 Å². The van der Waals surface area contributed by atoms with Crippen LogP contribution in [0, 0.1) is 17.0 Å². The first-order valence-electron chi connectivity index (χ1n) is 7.03. The lowest BCUT2D eigenvalue weighted by Crippen LogP contribution is -2.13. The van der Waals surface area contributed by atoms with Gasteiger partial charge in [0.15, 0.2) is 0 Å². The molecule has 0 aliphatic heterocycles. The summed E-state index contributed by atoms with van der Waals surface area (Å²) in [5.41, 5.74) is -3.99. The van der Waals surface area contributed by atoms with Crippen LogP contribution in [0.1, 0.15) is 33.9 Å². The van der Waals surface area contributed by atoms with Crippen molar-refractivity contribution in [1.29, 1.82) is 0 Å². The molecule has 1 unspecified atom stereocenters. The highest BCUT2D eigenvalue weighted by Gasteiger charge is 2.37. The van der Waals surface area contributed by atoms with Gasteiger partial charge in [0.25, 0.3) is 5.69 Å². The molecule has 0 aliphatic carbocycles. The molecule has 2 aromatic carbocycles. The zero-order valence-corrected chi connectivity index (χ0v) is 13.0. The van der Waals surface area contributed by atoms with Crippen LogP contribution < -0.4 is 0 Å². The van der Waals surface area contributed by atoms with Crippen molar-refractivity contribution in [2.24, 2.45) is 0 Å². The first kappa shape index (κ1) is 19.7. The summed E-state index contributed by atoms with van der Waals surface area (Å²) in [4.78, 5) is 10.1. The molecule has 0 aromatic heterocycles. The Labute approximate surface area is 142 Å². The molecule has 0 saturated heterocycles. The van der Waals surface area contributed by atoms with Crippen molar-refractivity contribution in [3.05, 3.63) is 74.3 Å². The van der Waals surface area contributed by atoms with Crippen molar-refractivity contribution in [2.45, 2.75) is 25.4 Å². The Morgan fingerprint density at radius 2 is 1.42 bits per heavy atom. The molecule has 26 heavy (non-hydrogen) atoms. The second-order valence-electron chi connectivity index (χ2n) is 5.54. The molecule has 0 radical (unpaired) electrons. The Kier molecular flexibility index (Phi) is 5.00. The van der Waals surface area contributed by atoms with Crippen molar-refractivity contribution in [1.82, 2.24) is 0 Å². The lowest BCUT2D eigenvalue weighted by Gasteiger charge is -2.18. The Morgan fingerprint density at radius 1 is 0.923 bits per heavy atom. The first-order chi connectivity index (χ1) is 11.8. The molecule has 4 nitrogen and oxygen atoms in total. The number of halogens is 6. The first-order valence-corrected chi connectivity index (χ1v) is 7.03. The second-order valence-corrected chi connectivity index (χ2v) is 5.54. The minimum atomic E-state index is -5.04. The summed E-state index contributed by atoms with van der Waals surface area (Å²) >= 11 is 0. The third-order valence-corrected chi connectivity index (χ3v) is 3.66. The minimum Gasteiger partial charge on any atom is -0.384 e. The second kappa shape index (κ2) is 6.60. The standard InChI is InChI=1S/C16H11F6NO3/c1-8-4-9(2-3-13(8)23(25)26)14(24)10-5-11(15(17,18)19)7-12(6-10)16(20,21)22/h2-7,14,24H,1H3. The number of nitrogens with zero attached hydrogens (tertiary/aromatic N) is 1. The van der Waals surface area contributed by atoms with Crippen LogP contribution in [-0.4, -0.2) is 10.0 Å². The molecule has 140 valence electrons. The van der Waals surface area contributed by atoms with E-state index in [-0.39, 0.29) is 22.9 Å². The van der Waals surface area contributed by atoms with Gasteiger partial charge in [-0.05, 0) is 48.4 Å². The summed E-state index contributed by atoms with van der Waals surface area (Å²) in [6, 6.07) is 4.01. The van der Waals surface area contributed by atoms with Gasteiger partial charge in [0.1, 0.15) is 6.10 Å². The van der Waals surface area contributed by atoms with E-state index in [9.17, 15) is 41.6 Å². The molecular formula is C16H11F6NO3. The van der Waals surface area contributed by atoms with E-state index in [1.54, 1.807) is 0 Å². The van der Waals surface area contributed by atoms with Crippen molar-refractivity contribution in [3.63, 3.8) is 0 Å². The number of nitro groups is 1. The van der Waals surface area contributed by atoms with E-state index in [2.05, 4.69) is 0 Å². The van der Waals surface area contributed by atoms with Gasteiger partial charge in [-0.1, -0.05) is 0 Å². The molecule has 0 bridgehead atoms. The van der Waals surface area contributed by atoms with E-state index in [1.165, 1.54) is 6.92 Å². The molecule has 0 fully saturated rings. The fourth-order valence-corrected chi connectivity index (χ4v) is 2.38. The molecule has 0 heterocycles. The third kappa shape index (κ3) is 4.13. The molecule has 2 aromatic rings. The predicted octanol–water partition coefficient (Wildman–Crippen LogP) is 5.02. The highest BCUT2D eigenvalue weighted by atomic mass is 19.4. The summed E-state index contributed by atoms with van der Waals surface area (Å²) in [7, 11) is 0. The molecule has 0 saturated carbocycles. The Bertz CT molecular complexity index is 813. The fourth-order valence-electron chi connectivity index (χ4n) is 2.38. The fraction of sp³-hybridized carbons (Fsp3) is 0.250. The number of hydrogen-bond donors (Lipinski definition) is 1. The SMILES string of the molecule is Cc1cc(C(O)c2cc(C(F)(F)F)cc(C(F)(F)F)c2)ccc1[N+](=O)[O-]. The zero-order valence-electron chi connectivity index (χ0n) is 13.0. The summed E-state index contributed by atoms with van der Waals surface area (Å²) < 4.78 is 77.3. The Hall–Kier alpha value is -2.62. The average Bonchev–Trinajstić information content (AvgIpc) is 2.51. The number of aliphatic hydroxyl groups is 1. The number of aliphatic hydroxyl groups excluding tert-OH is 1. The molecule has 0 amide bonds. The van der Waals surface area contributed by atoms with Crippen molar-refractivity contribution in [2.75, 3.05) is 0 Å². The monoisotopic (exact) mass is 379 g/mol. The van der Waals surface area contributed by atoms with Gasteiger partial charge in [-0.3, -0.25) is 10.1 Å². The Balaban J connectivity index is 2.56. The number of alkyl halides is 6. The van der Waals surface area contributed by atoms with Crippen LogP contribution in [0.2, 0.25) is 0 Å². The maximum Gasteiger partial charge on any atom is 0.416 e. The molecule has 0 aliphatic rings. The van der Waals surface area contributed by atoms with Crippen LogP contribution in [0.3, 0.4) is 0 Å². The predicted molar refractivity (Wildman–Crippen MR) is 78.3 cm³/mol. The third-order valence-electron chi connectivity index (χ3n) is 3.66. The van der Waals surface area contributed by atoms with Crippen LogP contribution >= 0.6 is 0 Å².